The highest BCUT2D eigenvalue weighted by Gasteiger charge is 2.48. The number of ether oxygens (including phenoxy) is 1. The number of benzene rings is 2. The van der Waals surface area contributed by atoms with Crippen LogP contribution in [-0.2, 0) is 10.9 Å². The van der Waals surface area contributed by atoms with Gasteiger partial charge in [0.15, 0.2) is 5.82 Å². The van der Waals surface area contributed by atoms with E-state index in [0.717, 1.165) is 18.5 Å². The summed E-state index contributed by atoms with van der Waals surface area (Å²) in [7, 11) is 0. The first kappa shape index (κ1) is 34.8. The molecule has 260 valence electrons. The molecule has 0 saturated carbocycles. The zero-order valence-electron chi connectivity index (χ0n) is 26.3. The summed E-state index contributed by atoms with van der Waals surface area (Å²) in [6.45, 7) is 5.84. The van der Waals surface area contributed by atoms with E-state index in [9.17, 15) is 37.1 Å². The first-order valence-electron chi connectivity index (χ1n) is 14.7. The van der Waals surface area contributed by atoms with Crippen LogP contribution in [0.1, 0.15) is 36.8 Å². The van der Waals surface area contributed by atoms with Gasteiger partial charge in [0, 0.05) is 18.7 Å². The number of rotatable bonds is 6. The highest BCUT2D eigenvalue weighted by Crippen LogP contribution is 2.37. The normalized spacial score (nSPS) is 16.8. The number of nitrogen functional groups attached to an aromatic ring is 1. The van der Waals surface area contributed by atoms with Crippen LogP contribution in [0.3, 0.4) is 0 Å². The Balaban J connectivity index is 1.39. The van der Waals surface area contributed by atoms with E-state index < -0.39 is 63.8 Å². The molecule has 1 atom stereocenters. The second-order valence-electron chi connectivity index (χ2n) is 12.3. The van der Waals surface area contributed by atoms with Gasteiger partial charge in [-0.15, -0.1) is 0 Å². The summed E-state index contributed by atoms with van der Waals surface area (Å²) in [5.74, 6) is -2.80. The molecule has 1 fully saturated rings. The lowest BCUT2D eigenvalue weighted by Crippen LogP contribution is -2.64. The molecule has 0 radical (unpaired) electrons. The second-order valence-corrected chi connectivity index (χ2v) is 12.3. The number of hydrogen-bond donors (Lipinski definition) is 5. The zero-order valence-corrected chi connectivity index (χ0v) is 26.3. The molecule has 6 N–H and O–H groups in total. The summed E-state index contributed by atoms with van der Waals surface area (Å²) in [5.41, 5.74) is 2.66. The predicted octanol–water partition coefficient (Wildman–Crippen LogP) is 5.44. The lowest BCUT2D eigenvalue weighted by atomic mass is 9.75. The average Bonchev–Trinajstić information content (AvgIpc) is 3.42. The fraction of sp³-hybridized carbons (Fsp3) is 0.323. The minimum absolute atomic E-state index is 0.00789. The molecule has 0 spiro atoms. The molecule has 1 unspecified atom stereocenters. The molecule has 4 amide bonds. The van der Waals surface area contributed by atoms with Crippen LogP contribution in [-0.4, -0.2) is 74.5 Å². The molecule has 3 heterocycles. The SMILES string of the molecule is CC(C)(C)C1(CNC(=O)c2cc(-c3ccc(NC(=O)Nc4cc(C(F)(F)F)ccc4F)c(F)c3)c3c(N)ncnn23)CN(C(=O)O)CCO1. The molecule has 1 aliphatic rings. The summed E-state index contributed by atoms with van der Waals surface area (Å²) >= 11 is 0. The lowest BCUT2D eigenvalue weighted by Gasteiger charge is -2.49. The van der Waals surface area contributed by atoms with Gasteiger partial charge in [0.2, 0.25) is 0 Å². The van der Waals surface area contributed by atoms with E-state index in [-0.39, 0.29) is 54.4 Å². The maximum atomic E-state index is 15.3. The van der Waals surface area contributed by atoms with Crippen molar-refractivity contribution in [3.63, 3.8) is 0 Å². The number of carbonyl (C=O) groups is 3. The van der Waals surface area contributed by atoms with Crippen molar-refractivity contribution in [2.24, 2.45) is 5.41 Å². The van der Waals surface area contributed by atoms with Crippen molar-refractivity contribution in [3.05, 3.63) is 71.7 Å². The van der Waals surface area contributed by atoms with Crippen molar-refractivity contribution in [2.45, 2.75) is 32.5 Å². The number of aromatic nitrogens is 3. The van der Waals surface area contributed by atoms with Gasteiger partial charge in [-0.25, -0.2) is 27.9 Å². The maximum Gasteiger partial charge on any atom is 0.416 e. The Morgan fingerprint density at radius 1 is 1.02 bits per heavy atom. The minimum atomic E-state index is -4.79. The molecule has 1 aliphatic heterocycles. The fourth-order valence-corrected chi connectivity index (χ4v) is 5.39. The number of morpholine rings is 1. The number of halogens is 5. The molecule has 4 aromatic rings. The number of carboxylic acid groups (broad SMARTS) is 1. The maximum absolute atomic E-state index is 15.3. The van der Waals surface area contributed by atoms with E-state index in [1.165, 1.54) is 21.5 Å². The van der Waals surface area contributed by atoms with Gasteiger partial charge in [0.05, 0.1) is 30.1 Å². The number of amides is 4. The first-order chi connectivity index (χ1) is 22.9. The summed E-state index contributed by atoms with van der Waals surface area (Å²) in [4.78, 5) is 43.0. The molecule has 1 saturated heterocycles. The third kappa shape index (κ3) is 7.03. The molecule has 5 rings (SSSR count). The van der Waals surface area contributed by atoms with Crippen molar-refractivity contribution >= 4 is 40.7 Å². The third-order valence-corrected chi connectivity index (χ3v) is 8.24. The van der Waals surface area contributed by atoms with Crippen molar-refractivity contribution in [1.82, 2.24) is 24.8 Å². The number of hydrogen-bond acceptors (Lipinski definition) is 7. The first-order valence-corrected chi connectivity index (χ1v) is 14.7. The van der Waals surface area contributed by atoms with Crippen LogP contribution in [0.2, 0.25) is 0 Å². The van der Waals surface area contributed by atoms with Gasteiger partial charge < -0.3 is 36.4 Å². The summed E-state index contributed by atoms with van der Waals surface area (Å²) < 4.78 is 75.8. The standard InChI is InChI=1S/C31H31F5N8O5/c1-29(2,3)30(14-43(28(47)48)8-9-49-30)13-38-26(45)23-12-18(24-25(37)39-15-40-44(23)24)16-4-7-21(20(33)10-16)41-27(46)42-22-11-17(31(34,35)36)5-6-19(22)32/h4-7,10-12,15H,8-9,13-14H2,1-3H3,(H,38,45)(H,47,48)(H2,37,39,40)(H2,41,42,46). The van der Waals surface area contributed by atoms with Crippen LogP contribution in [0.4, 0.5) is 48.7 Å². The van der Waals surface area contributed by atoms with Gasteiger partial charge in [0.1, 0.15) is 34.8 Å². The van der Waals surface area contributed by atoms with Gasteiger partial charge in [-0.3, -0.25) is 4.79 Å². The second kappa shape index (κ2) is 12.8. The van der Waals surface area contributed by atoms with E-state index in [4.69, 9.17) is 10.5 Å². The lowest BCUT2D eigenvalue weighted by molar-refractivity contribution is -0.155. The quantitative estimate of drug-likeness (QED) is 0.166. The van der Waals surface area contributed by atoms with Gasteiger partial charge in [-0.1, -0.05) is 26.8 Å². The summed E-state index contributed by atoms with van der Waals surface area (Å²) in [5, 5.41) is 20.6. The fourth-order valence-electron chi connectivity index (χ4n) is 5.39. The van der Waals surface area contributed by atoms with E-state index in [2.05, 4.69) is 20.7 Å². The van der Waals surface area contributed by atoms with E-state index in [0.29, 0.717) is 18.2 Å². The number of nitrogens with zero attached hydrogens (tertiary/aromatic N) is 4. The van der Waals surface area contributed by atoms with Gasteiger partial charge in [-0.2, -0.15) is 18.3 Å². The molecule has 13 nitrogen and oxygen atoms in total. The minimum Gasteiger partial charge on any atom is -0.465 e. The topological polar surface area (TPSA) is 176 Å². The van der Waals surface area contributed by atoms with E-state index in [1.54, 1.807) is 0 Å². The molecule has 0 bridgehead atoms. The van der Waals surface area contributed by atoms with Crippen molar-refractivity contribution < 1.29 is 46.2 Å². The molecule has 2 aromatic heterocycles. The van der Waals surface area contributed by atoms with Crippen molar-refractivity contribution in [2.75, 3.05) is 42.6 Å². The number of anilines is 3. The molecule has 0 aliphatic carbocycles. The number of nitrogens with two attached hydrogens (primary N) is 1. The highest BCUT2D eigenvalue weighted by atomic mass is 19.4. The smallest absolute Gasteiger partial charge is 0.416 e. The summed E-state index contributed by atoms with van der Waals surface area (Å²) in [6.07, 6.45) is -4.78. The van der Waals surface area contributed by atoms with Crippen LogP contribution in [0.5, 0.6) is 0 Å². The van der Waals surface area contributed by atoms with Gasteiger partial charge in [0.25, 0.3) is 5.91 Å². The number of alkyl halides is 3. The third-order valence-electron chi connectivity index (χ3n) is 8.24. The Labute approximate surface area is 275 Å². The molecule has 18 heteroatoms. The van der Waals surface area contributed by atoms with Crippen LogP contribution >= 0.6 is 0 Å². The Morgan fingerprint density at radius 3 is 2.39 bits per heavy atom. The Bertz CT molecular complexity index is 1940. The number of fused-ring (bicyclic) bond motifs is 1. The molecular formula is C31H31F5N8O5. The number of urea groups is 1. The van der Waals surface area contributed by atoms with Crippen LogP contribution in [0.25, 0.3) is 16.6 Å². The van der Waals surface area contributed by atoms with Gasteiger partial charge in [-0.05, 0) is 47.4 Å². The zero-order chi connectivity index (χ0) is 35.9. The van der Waals surface area contributed by atoms with Crippen molar-refractivity contribution in [1.29, 1.82) is 0 Å². The predicted molar refractivity (Wildman–Crippen MR) is 167 cm³/mol. The van der Waals surface area contributed by atoms with Crippen LogP contribution < -0.4 is 21.7 Å². The average molecular weight is 691 g/mol. The Morgan fingerprint density at radius 2 is 1.73 bits per heavy atom. The van der Waals surface area contributed by atoms with Gasteiger partial charge >= 0.3 is 18.3 Å². The highest BCUT2D eigenvalue weighted by molar-refractivity contribution is 6.01. The molecule has 49 heavy (non-hydrogen) atoms. The van der Waals surface area contributed by atoms with Crippen molar-refractivity contribution in [3.8, 4) is 11.1 Å². The van der Waals surface area contributed by atoms with E-state index in [1.807, 2.05) is 26.1 Å². The monoisotopic (exact) mass is 690 g/mol. The van der Waals surface area contributed by atoms with Crippen LogP contribution in [0, 0.1) is 17.0 Å². The Kier molecular flexibility index (Phi) is 9.11. The largest absolute Gasteiger partial charge is 0.465 e. The summed E-state index contributed by atoms with van der Waals surface area (Å²) in [6, 6.07) is 5.18. The van der Waals surface area contributed by atoms with Crippen LogP contribution in [0.15, 0.2) is 48.8 Å². The van der Waals surface area contributed by atoms with E-state index >= 15 is 4.39 Å². The number of carbonyl (C=O) groups excluding carboxylic acids is 2. The molecule has 2 aromatic carbocycles. The molecular weight excluding hydrogens is 659 g/mol. The number of nitrogens with one attached hydrogen (secondary N) is 3. The Hall–Kier alpha value is -5.52.